The van der Waals surface area contributed by atoms with Gasteiger partial charge in [0.05, 0.1) is 14.2 Å². The van der Waals surface area contributed by atoms with Crippen LogP contribution in [0.3, 0.4) is 0 Å². The molecule has 0 aliphatic heterocycles. The Morgan fingerprint density at radius 3 is 2.34 bits per heavy atom. The molecule has 1 heterocycles. The van der Waals surface area contributed by atoms with Gasteiger partial charge in [0.2, 0.25) is 11.7 Å². The van der Waals surface area contributed by atoms with Crippen molar-refractivity contribution >= 4 is 5.91 Å². The molecule has 0 atom stereocenters. The summed E-state index contributed by atoms with van der Waals surface area (Å²) in [4.78, 5) is 19.0. The van der Waals surface area contributed by atoms with Crippen molar-refractivity contribution in [2.45, 2.75) is 27.3 Å². The van der Waals surface area contributed by atoms with E-state index in [1.165, 1.54) is 0 Å². The average Bonchev–Trinajstić information content (AvgIpc) is 3.18. The van der Waals surface area contributed by atoms with Gasteiger partial charge in [0, 0.05) is 17.7 Å². The van der Waals surface area contributed by atoms with E-state index >= 15 is 0 Å². The van der Waals surface area contributed by atoms with Gasteiger partial charge in [0.1, 0.15) is 6.54 Å². The molecule has 3 aromatic rings. The van der Waals surface area contributed by atoms with E-state index < -0.39 is 0 Å². The van der Waals surface area contributed by atoms with E-state index in [2.05, 4.69) is 10.1 Å². The van der Waals surface area contributed by atoms with Gasteiger partial charge < -0.3 is 18.9 Å². The predicted octanol–water partition coefficient (Wildman–Crippen LogP) is 4.03. The summed E-state index contributed by atoms with van der Waals surface area (Å²) >= 11 is 0. The number of nitrogens with zero attached hydrogens (tertiary/aromatic N) is 3. The summed E-state index contributed by atoms with van der Waals surface area (Å²) in [6, 6.07) is 11.2. The monoisotopic (exact) mass is 395 g/mol. The zero-order valence-corrected chi connectivity index (χ0v) is 17.4. The minimum atomic E-state index is -0.0647. The first-order valence-corrected chi connectivity index (χ1v) is 9.37. The fraction of sp³-hybridized carbons (Fsp3) is 0.318. The third-order valence-corrected chi connectivity index (χ3v) is 4.57. The summed E-state index contributed by atoms with van der Waals surface area (Å²) in [6.07, 6.45) is 0. The SMILES string of the molecule is CCN(Cc1nc(-c2ccc(OC)c(OC)c2)no1)C(=O)c1cc(C)cc(C)c1. The molecule has 1 aromatic heterocycles. The Morgan fingerprint density at radius 2 is 1.72 bits per heavy atom. The Morgan fingerprint density at radius 1 is 1.03 bits per heavy atom. The molecule has 29 heavy (non-hydrogen) atoms. The van der Waals surface area contributed by atoms with Crippen LogP contribution in [0.4, 0.5) is 0 Å². The smallest absolute Gasteiger partial charge is 0.254 e. The van der Waals surface area contributed by atoms with E-state index in [0.29, 0.717) is 35.3 Å². The minimum Gasteiger partial charge on any atom is -0.493 e. The molecule has 0 bridgehead atoms. The van der Waals surface area contributed by atoms with Crippen LogP contribution >= 0.6 is 0 Å². The minimum absolute atomic E-state index is 0.0647. The lowest BCUT2D eigenvalue weighted by atomic mass is 10.1. The summed E-state index contributed by atoms with van der Waals surface area (Å²) < 4.78 is 16.0. The third-order valence-electron chi connectivity index (χ3n) is 4.57. The predicted molar refractivity (Wildman–Crippen MR) is 109 cm³/mol. The number of carbonyl (C=O) groups is 1. The average molecular weight is 395 g/mol. The van der Waals surface area contributed by atoms with Gasteiger partial charge >= 0.3 is 0 Å². The summed E-state index contributed by atoms with van der Waals surface area (Å²) in [6.45, 7) is 6.65. The zero-order chi connectivity index (χ0) is 21.0. The van der Waals surface area contributed by atoms with E-state index in [-0.39, 0.29) is 12.5 Å². The maximum absolute atomic E-state index is 12.9. The van der Waals surface area contributed by atoms with Crippen molar-refractivity contribution in [3.63, 3.8) is 0 Å². The molecule has 0 saturated heterocycles. The van der Waals surface area contributed by atoms with Gasteiger partial charge in [-0.05, 0) is 51.1 Å². The first-order chi connectivity index (χ1) is 13.9. The van der Waals surface area contributed by atoms with Crippen molar-refractivity contribution in [3.8, 4) is 22.9 Å². The van der Waals surface area contributed by atoms with Gasteiger partial charge in [-0.25, -0.2) is 0 Å². The lowest BCUT2D eigenvalue weighted by Crippen LogP contribution is -2.30. The number of aromatic nitrogens is 2. The number of ether oxygens (including phenoxy) is 2. The normalized spacial score (nSPS) is 10.7. The summed E-state index contributed by atoms with van der Waals surface area (Å²) in [7, 11) is 3.15. The van der Waals surface area contributed by atoms with Crippen molar-refractivity contribution < 1.29 is 18.8 Å². The highest BCUT2D eigenvalue weighted by Crippen LogP contribution is 2.31. The van der Waals surface area contributed by atoms with Crippen molar-refractivity contribution in [2.24, 2.45) is 0 Å². The highest BCUT2D eigenvalue weighted by Gasteiger charge is 2.19. The molecule has 7 nitrogen and oxygen atoms in total. The number of benzene rings is 2. The molecule has 0 unspecified atom stereocenters. The summed E-state index contributed by atoms with van der Waals surface area (Å²) in [5, 5.41) is 4.04. The van der Waals surface area contributed by atoms with Gasteiger partial charge in [0.15, 0.2) is 11.5 Å². The van der Waals surface area contributed by atoms with Gasteiger partial charge in [0.25, 0.3) is 5.91 Å². The van der Waals surface area contributed by atoms with Crippen LogP contribution in [0.2, 0.25) is 0 Å². The first kappa shape index (κ1) is 20.4. The van der Waals surface area contributed by atoms with Crippen LogP contribution in [0.15, 0.2) is 40.9 Å². The van der Waals surface area contributed by atoms with Crippen molar-refractivity contribution in [1.29, 1.82) is 0 Å². The quantitative estimate of drug-likeness (QED) is 0.601. The fourth-order valence-electron chi connectivity index (χ4n) is 3.18. The third kappa shape index (κ3) is 4.56. The largest absolute Gasteiger partial charge is 0.493 e. The van der Waals surface area contributed by atoms with Crippen LogP contribution in [0.25, 0.3) is 11.4 Å². The molecule has 7 heteroatoms. The van der Waals surface area contributed by atoms with Crippen LogP contribution in [-0.2, 0) is 6.54 Å². The Hall–Kier alpha value is -3.35. The molecule has 152 valence electrons. The van der Waals surface area contributed by atoms with Crippen LogP contribution < -0.4 is 9.47 Å². The fourth-order valence-corrected chi connectivity index (χ4v) is 3.18. The number of rotatable bonds is 7. The lowest BCUT2D eigenvalue weighted by Gasteiger charge is -2.19. The van der Waals surface area contributed by atoms with Crippen LogP contribution in [0.5, 0.6) is 11.5 Å². The summed E-state index contributed by atoms with van der Waals surface area (Å²) in [5.74, 6) is 1.93. The van der Waals surface area contributed by atoms with E-state index in [9.17, 15) is 4.79 Å². The molecule has 0 fully saturated rings. The molecule has 0 saturated carbocycles. The van der Waals surface area contributed by atoms with Gasteiger partial charge in [-0.15, -0.1) is 0 Å². The van der Waals surface area contributed by atoms with Crippen LogP contribution in [-0.4, -0.2) is 41.7 Å². The molecule has 0 spiro atoms. The molecular weight excluding hydrogens is 370 g/mol. The Labute approximate surface area is 170 Å². The number of carbonyl (C=O) groups excluding carboxylic acids is 1. The topological polar surface area (TPSA) is 77.7 Å². The van der Waals surface area contributed by atoms with Crippen molar-refractivity contribution in [2.75, 3.05) is 20.8 Å². The molecular formula is C22H25N3O4. The molecule has 0 aliphatic rings. The second kappa shape index (κ2) is 8.77. The van der Waals surface area contributed by atoms with Gasteiger partial charge in [-0.2, -0.15) is 4.98 Å². The highest BCUT2D eigenvalue weighted by atomic mass is 16.5. The van der Waals surface area contributed by atoms with E-state index in [1.54, 1.807) is 31.3 Å². The number of hydrogen-bond donors (Lipinski definition) is 0. The van der Waals surface area contributed by atoms with Crippen LogP contribution in [0.1, 0.15) is 34.3 Å². The Bertz CT molecular complexity index is 993. The van der Waals surface area contributed by atoms with E-state index in [4.69, 9.17) is 14.0 Å². The number of methoxy groups -OCH3 is 2. The van der Waals surface area contributed by atoms with E-state index in [0.717, 1.165) is 16.7 Å². The maximum atomic E-state index is 12.9. The zero-order valence-electron chi connectivity index (χ0n) is 17.4. The number of hydrogen-bond acceptors (Lipinski definition) is 6. The second-order valence-corrected chi connectivity index (χ2v) is 6.78. The molecule has 0 N–H and O–H groups in total. The molecule has 0 radical (unpaired) electrons. The number of amides is 1. The first-order valence-electron chi connectivity index (χ1n) is 9.37. The molecule has 1 amide bonds. The van der Waals surface area contributed by atoms with E-state index in [1.807, 2.05) is 45.0 Å². The molecule has 0 aliphatic carbocycles. The maximum Gasteiger partial charge on any atom is 0.254 e. The van der Waals surface area contributed by atoms with Crippen molar-refractivity contribution in [3.05, 3.63) is 59.0 Å². The van der Waals surface area contributed by atoms with Crippen molar-refractivity contribution in [1.82, 2.24) is 15.0 Å². The van der Waals surface area contributed by atoms with Crippen LogP contribution in [0, 0.1) is 13.8 Å². The van der Waals surface area contributed by atoms with Gasteiger partial charge in [-0.1, -0.05) is 22.3 Å². The standard InChI is InChI=1S/C22H25N3O4/c1-6-25(22(26)17-10-14(2)9-15(3)11-17)13-20-23-21(24-29-20)16-7-8-18(27-4)19(12-16)28-5/h7-12H,6,13H2,1-5H3. The second-order valence-electron chi connectivity index (χ2n) is 6.78. The molecule has 3 rings (SSSR count). The Kier molecular flexibility index (Phi) is 6.16. The number of aryl methyl sites for hydroxylation is 2. The van der Waals surface area contributed by atoms with Gasteiger partial charge in [-0.3, -0.25) is 4.79 Å². The molecule has 2 aromatic carbocycles. The highest BCUT2D eigenvalue weighted by molar-refractivity contribution is 5.94. The lowest BCUT2D eigenvalue weighted by molar-refractivity contribution is 0.0734. The summed E-state index contributed by atoms with van der Waals surface area (Å²) in [5.41, 5.74) is 3.50. The Balaban J connectivity index is 1.80.